The van der Waals surface area contributed by atoms with Crippen LogP contribution in [0.2, 0.25) is 0 Å². The van der Waals surface area contributed by atoms with Gasteiger partial charge in [0.25, 0.3) is 0 Å². The highest BCUT2D eigenvalue weighted by molar-refractivity contribution is 5.89. The SMILES string of the molecule is CC(C)NC(=O)C1CC(=O)N(CC2CC2)C1. The molecule has 16 heavy (non-hydrogen) atoms. The van der Waals surface area contributed by atoms with Crippen LogP contribution in [0.25, 0.3) is 0 Å². The third-order valence-corrected chi connectivity index (χ3v) is 3.19. The second kappa shape index (κ2) is 4.44. The van der Waals surface area contributed by atoms with E-state index in [1.54, 1.807) is 0 Å². The molecule has 0 radical (unpaired) electrons. The van der Waals surface area contributed by atoms with E-state index in [2.05, 4.69) is 5.32 Å². The van der Waals surface area contributed by atoms with Crippen molar-refractivity contribution in [2.75, 3.05) is 13.1 Å². The molecule has 4 heteroatoms. The molecule has 2 aliphatic rings. The molecule has 1 N–H and O–H groups in total. The Balaban J connectivity index is 1.84. The minimum absolute atomic E-state index is 0.0293. The Morgan fingerprint density at radius 1 is 1.50 bits per heavy atom. The van der Waals surface area contributed by atoms with Crippen molar-refractivity contribution >= 4 is 11.8 Å². The topological polar surface area (TPSA) is 49.4 Å². The third kappa shape index (κ3) is 2.74. The van der Waals surface area contributed by atoms with Gasteiger partial charge in [-0.1, -0.05) is 0 Å². The predicted octanol–water partition coefficient (Wildman–Crippen LogP) is 0.769. The van der Waals surface area contributed by atoms with Gasteiger partial charge in [-0.25, -0.2) is 0 Å². The number of hydrogen-bond acceptors (Lipinski definition) is 2. The maximum Gasteiger partial charge on any atom is 0.225 e. The van der Waals surface area contributed by atoms with Crippen molar-refractivity contribution in [2.45, 2.75) is 39.2 Å². The molecule has 0 aromatic carbocycles. The first kappa shape index (κ1) is 11.4. The summed E-state index contributed by atoms with van der Waals surface area (Å²) in [6, 6.07) is 0.153. The number of amides is 2. The maximum absolute atomic E-state index is 11.8. The van der Waals surface area contributed by atoms with Gasteiger partial charge in [0, 0.05) is 25.6 Å². The minimum atomic E-state index is -0.131. The van der Waals surface area contributed by atoms with Gasteiger partial charge in [0.1, 0.15) is 0 Å². The molecule has 1 unspecified atom stereocenters. The monoisotopic (exact) mass is 224 g/mol. The molecule has 0 spiro atoms. The summed E-state index contributed by atoms with van der Waals surface area (Å²) in [6.07, 6.45) is 2.88. The van der Waals surface area contributed by atoms with Crippen LogP contribution in [0, 0.1) is 11.8 Å². The van der Waals surface area contributed by atoms with Gasteiger partial charge in [-0.3, -0.25) is 9.59 Å². The lowest BCUT2D eigenvalue weighted by Crippen LogP contribution is -2.37. The van der Waals surface area contributed by atoms with Crippen LogP contribution in [0.3, 0.4) is 0 Å². The van der Waals surface area contributed by atoms with E-state index in [9.17, 15) is 9.59 Å². The number of likely N-dealkylation sites (tertiary alicyclic amines) is 1. The lowest BCUT2D eigenvalue weighted by Gasteiger charge is -2.16. The lowest BCUT2D eigenvalue weighted by atomic mass is 10.1. The van der Waals surface area contributed by atoms with Gasteiger partial charge in [-0.05, 0) is 32.6 Å². The summed E-state index contributed by atoms with van der Waals surface area (Å²) in [7, 11) is 0. The van der Waals surface area contributed by atoms with E-state index in [-0.39, 0.29) is 23.8 Å². The molecule has 0 aromatic rings. The van der Waals surface area contributed by atoms with Crippen molar-refractivity contribution < 1.29 is 9.59 Å². The van der Waals surface area contributed by atoms with E-state index in [1.165, 1.54) is 12.8 Å². The van der Waals surface area contributed by atoms with Crippen molar-refractivity contribution in [3.05, 3.63) is 0 Å². The molecule has 1 saturated carbocycles. The van der Waals surface area contributed by atoms with Crippen LogP contribution >= 0.6 is 0 Å². The van der Waals surface area contributed by atoms with Gasteiger partial charge in [0.05, 0.1) is 5.92 Å². The highest BCUT2D eigenvalue weighted by Crippen LogP contribution is 2.31. The van der Waals surface area contributed by atoms with Crippen molar-refractivity contribution in [2.24, 2.45) is 11.8 Å². The first-order valence-electron chi connectivity index (χ1n) is 6.14. The second-order valence-corrected chi connectivity index (χ2v) is 5.31. The molecule has 1 atom stereocenters. The van der Waals surface area contributed by atoms with Gasteiger partial charge in [0.2, 0.25) is 11.8 Å². The van der Waals surface area contributed by atoms with E-state index < -0.39 is 0 Å². The van der Waals surface area contributed by atoms with E-state index in [4.69, 9.17) is 0 Å². The van der Waals surface area contributed by atoms with Gasteiger partial charge in [-0.15, -0.1) is 0 Å². The standard InChI is InChI=1S/C12H20N2O2/c1-8(2)13-12(16)10-5-11(15)14(7-10)6-9-3-4-9/h8-10H,3-7H2,1-2H3,(H,13,16). The average Bonchev–Trinajstić information content (AvgIpc) is 2.90. The van der Waals surface area contributed by atoms with Crippen LogP contribution in [0.4, 0.5) is 0 Å². The fourth-order valence-corrected chi connectivity index (χ4v) is 2.14. The maximum atomic E-state index is 11.8. The van der Waals surface area contributed by atoms with Crippen LogP contribution in [0.5, 0.6) is 0 Å². The molecule has 90 valence electrons. The Morgan fingerprint density at radius 2 is 2.19 bits per heavy atom. The van der Waals surface area contributed by atoms with Crippen LogP contribution in [-0.2, 0) is 9.59 Å². The highest BCUT2D eigenvalue weighted by Gasteiger charge is 2.37. The summed E-state index contributed by atoms with van der Waals surface area (Å²) in [5.41, 5.74) is 0. The molecule has 0 bridgehead atoms. The number of carbonyl (C=O) groups excluding carboxylic acids is 2. The first-order chi connectivity index (χ1) is 7.56. The Bertz CT molecular complexity index is 297. The molecule has 1 saturated heterocycles. The molecular weight excluding hydrogens is 204 g/mol. The highest BCUT2D eigenvalue weighted by atomic mass is 16.2. The summed E-state index contributed by atoms with van der Waals surface area (Å²) < 4.78 is 0. The van der Waals surface area contributed by atoms with Gasteiger partial charge in [0.15, 0.2) is 0 Å². The predicted molar refractivity (Wildman–Crippen MR) is 60.7 cm³/mol. The zero-order chi connectivity index (χ0) is 11.7. The van der Waals surface area contributed by atoms with E-state index in [0.29, 0.717) is 18.9 Å². The number of nitrogens with zero attached hydrogens (tertiary/aromatic N) is 1. The average molecular weight is 224 g/mol. The largest absolute Gasteiger partial charge is 0.354 e. The summed E-state index contributed by atoms with van der Waals surface area (Å²) in [5, 5.41) is 2.88. The molecule has 2 amide bonds. The van der Waals surface area contributed by atoms with Gasteiger partial charge in [-0.2, -0.15) is 0 Å². The molecule has 4 nitrogen and oxygen atoms in total. The molecule has 2 fully saturated rings. The van der Waals surface area contributed by atoms with Crippen LogP contribution < -0.4 is 5.32 Å². The molecule has 1 heterocycles. The lowest BCUT2D eigenvalue weighted by molar-refractivity contribution is -0.129. The number of carbonyl (C=O) groups is 2. The number of hydrogen-bond donors (Lipinski definition) is 1. The Kier molecular flexibility index (Phi) is 3.17. The summed E-state index contributed by atoms with van der Waals surface area (Å²) in [6.45, 7) is 5.37. The van der Waals surface area contributed by atoms with Crippen LogP contribution in [0.15, 0.2) is 0 Å². The zero-order valence-corrected chi connectivity index (χ0v) is 10.0. The Morgan fingerprint density at radius 3 is 2.75 bits per heavy atom. The minimum Gasteiger partial charge on any atom is -0.354 e. The Hall–Kier alpha value is -1.06. The Labute approximate surface area is 96.4 Å². The molecular formula is C12H20N2O2. The summed E-state index contributed by atoms with van der Waals surface area (Å²) in [4.78, 5) is 25.3. The first-order valence-corrected chi connectivity index (χ1v) is 6.14. The second-order valence-electron chi connectivity index (χ2n) is 5.31. The summed E-state index contributed by atoms with van der Waals surface area (Å²) >= 11 is 0. The number of nitrogens with one attached hydrogen (secondary N) is 1. The smallest absolute Gasteiger partial charge is 0.225 e. The third-order valence-electron chi connectivity index (χ3n) is 3.19. The fraction of sp³-hybridized carbons (Fsp3) is 0.833. The summed E-state index contributed by atoms with van der Waals surface area (Å²) in [5.74, 6) is 0.752. The van der Waals surface area contributed by atoms with E-state index in [0.717, 1.165) is 6.54 Å². The molecule has 2 rings (SSSR count). The van der Waals surface area contributed by atoms with Crippen LogP contribution in [-0.4, -0.2) is 35.8 Å². The molecule has 0 aromatic heterocycles. The van der Waals surface area contributed by atoms with E-state index >= 15 is 0 Å². The van der Waals surface area contributed by atoms with Gasteiger partial charge < -0.3 is 10.2 Å². The van der Waals surface area contributed by atoms with Crippen molar-refractivity contribution in [1.29, 1.82) is 0 Å². The quantitative estimate of drug-likeness (QED) is 0.766. The van der Waals surface area contributed by atoms with Crippen molar-refractivity contribution in [1.82, 2.24) is 10.2 Å². The fourth-order valence-electron chi connectivity index (χ4n) is 2.14. The van der Waals surface area contributed by atoms with Crippen LogP contribution in [0.1, 0.15) is 33.1 Å². The zero-order valence-electron chi connectivity index (χ0n) is 10.0. The molecule has 1 aliphatic heterocycles. The number of rotatable bonds is 4. The van der Waals surface area contributed by atoms with Gasteiger partial charge >= 0.3 is 0 Å². The van der Waals surface area contributed by atoms with E-state index in [1.807, 2.05) is 18.7 Å². The molecule has 1 aliphatic carbocycles. The van der Waals surface area contributed by atoms with Crippen molar-refractivity contribution in [3.63, 3.8) is 0 Å². The van der Waals surface area contributed by atoms with Crippen molar-refractivity contribution in [3.8, 4) is 0 Å². The normalized spacial score (nSPS) is 25.3.